The van der Waals surface area contributed by atoms with Gasteiger partial charge in [0.2, 0.25) is 0 Å². The summed E-state index contributed by atoms with van der Waals surface area (Å²) >= 11 is 3.43. The number of amides is 1. The van der Waals surface area contributed by atoms with Crippen LogP contribution in [0.15, 0.2) is 41.0 Å². The van der Waals surface area contributed by atoms with Crippen LogP contribution in [-0.4, -0.2) is 10.5 Å². The van der Waals surface area contributed by atoms with E-state index in [1.54, 1.807) is 0 Å². The molecule has 0 saturated heterocycles. The Kier molecular flexibility index (Phi) is 2.59. The third-order valence-corrected chi connectivity index (χ3v) is 3.53. The van der Waals surface area contributed by atoms with Gasteiger partial charge < -0.3 is 9.88 Å². The summed E-state index contributed by atoms with van der Waals surface area (Å²) < 4.78 is 2.95. The van der Waals surface area contributed by atoms with Gasteiger partial charge in [0.25, 0.3) is 5.91 Å². The number of hydrogen-bond donors (Lipinski definition) is 1. The number of aryl methyl sites for hydroxylation is 1. The SMILES string of the molecule is Cn1cccc1/C=C1/C(=O)Nc2ccc(Br)cc21. The molecular weight excluding hydrogens is 292 g/mol. The molecule has 1 amide bonds. The van der Waals surface area contributed by atoms with E-state index in [0.29, 0.717) is 5.57 Å². The van der Waals surface area contributed by atoms with Crippen molar-refractivity contribution in [3.05, 3.63) is 52.3 Å². The second kappa shape index (κ2) is 4.14. The lowest BCUT2D eigenvalue weighted by molar-refractivity contribution is -0.110. The number of halogens is 1. The molecule has 0 aliphatic carbocycles. The minimum atomic E-state index is -0.0516. The Balaban J connectivity index is 2.14. The highest BCUT2D eigenvalue weighted by Gasteiger charge is 2.24. The molecule has 2 aromatic rings. The molecule has 90 valence electrons. The Hall–Kier alpha value is -1.81. The summed E-state index contributed by atoms with van der Waals surface area (Å²) in [5, 5.41) is 2.87. The van der Waals surface area contributed by atoms with Gasteiger partial charge in [-0.15, -0.1) is 0 Å². The molecule has 0 bridgehead atoms. The molecule has 1 aromatic heterocycles. The fourth-order valence-corrected chi connectivity index (χ4v) is 2.44. The molecule has 18 heavy (non-hydrogen) atoms. The van der Waals surface area contributed by atoms with Gasteiger partial charge in [-0.1, -0.05) is 15.9 Å². The van der Waals surface area contributed by atoms with Crippen LogP contribution in [0.4, 0.5) is 5.69 Å². The summed E-state index contributed by atoms with van der Waals surface area (Å²) in [7, 11) is 1.96. The second-order valence-corrected chi connectivity index (χ2v) is 5.16. The third kappa shape index (κ3) is 1.78. The molecular formula is C14H11BrN2O. The first-order valence-electron chi connectivity index (χ1n) is 5.59. The maximum Gasteiger partial charge on any atom is 0.256 e. The van der Waals surface area contributed by atoms with Crippen molar-refractivity contribution in [3.8, 4) is 0 Å². The Morgan fingerprint density at radius 2 is 2.17 bits per heavy atom. The van der Waals surface area contributed by atoms with Gasteiger partial charge in [0.05, 0.1) is 5.57 Å². The zero-order valence-corrected chi connectivity index (χ0v) is 11.4. The van der Waals surface area contributed by atoms with E-state index >= 15 is 0 Å². The number of fused-ring (bicyclic) bond motifs is 1. The highest BCUT2D eigenvalue weighted by atomic mass is 79.9. The molecule has 1 N–H and O–H groups in total. The Bertz CT molecular complexity index is 670. The predicted octanol–water partition coefficient (Wildman–Crippen LogP) is 3.28. The molecule has 1 aliphatic rings. The van der Waals surface area contributed by atoms with Gasteiger partial charge >= 0.3 is 0 Å². The van der Waals surface area contributed by atoms with Gasteiger partial charge in [0.15, 0.2) is 0 Å². The average Bonchev–Trinajstić information content (AvgIpc) is 2.86. The molecule has 0 spiro atoms. The smallest absolute Gasteiger partial charge is 0.256 e. The highest BCUT2D eigenvalue weighted by molar-refractivity contribution is 9.10. The van der Waals surface area contributed by atoms with Crippen LogP contribution < -0.4 is 5.32 Å². The Morgan fingerprint density at radius 1 is 1.33 bits per heavy atom. The minimum absolute atomic E-state index is 0.0516. The number of carbonyl (C=O) groups excluding carboxylic acids is 1. The van der Waals surface area contributed by atoms with Crippen LogP contribution in [0.25, 0.3) is 11.6 Å². The molecule has 0 fully saturated rings. The fourth-order valence-electron chi connectivity index (χ4n) is 2.08. The average molecular weight is 303 g/mol. The molecule has 4 heteroatoms. The van der Waals surface area contributed by atoms with Gasteiger partial charge in [-0.05, 0) is 36.4 Å². The zero-order chi connectivity index (χ0) is 12.7. The quantitative estimate of drug-likeness (QED) is 0.806. The first kappa shape index (κ1) is 11.3. The van der Waals surface area contributed by atoms with Gasteiger partial charge in [-0.2, -0.15) is 0 Å². The van der Waals surface area contributed by atoms with Crippen molar-refractivity contribution in [1.29, 1.82) is 0 Å². The fraction of sp³-hybridized carbons (Fsp3) is 0.0714. The zero-order valence-electron chi connectivity index (χ0n) is 9.77. The lowest BCUT2D eigenvalue weighted by Gasteiger charge is -2.00. The van der Waals surface area contributed by atoms with Crippen LogP contribution in [0.1, 0.15) is 11.3 Å². The largest absolute Gasteiger partial charge is 0.351 e. The van der Waals surface area contributed by atoms with E-state index in [9.17, 15) is 4.79 Å². The minimum Gasteiger partial charge on any atom is -0.351 e. The number of hydrogen-bond acceptors (Lipinski definition) is 1. The second-order valence-electron chi connectivity index (χ2n) is 4.25. The van der Waals surface area contributed by atoms with Crippen molar-refractivity contribution in [2.75, 3.05) is 5.32 Å². The Labute approximate surface area is 113 Å². The van der Waals surface area contributed by atoms with Crippen LogP contribution >= 0.6 is 15.9 Å². The topological polar surface area (TPSA) is 34.0 Å². The monoisotopic (exact) mass is 302 g/mol. The number of carbonyl (C=O) groups is 1. The maximum atomic E-state index is 12.0. The maximum absolute atomic E-state index is 12.0. The molecule has 0 saturated carbocycles. The van der Waals surface area contributed by atoms with Crippen molar-refractivity contribution in [3.63, 3.8) is 0 Å². The first-order valence-corrected chi connectivity index (χ1v) is 6.39. The molecule has 3 nitrogen and oxygen atoms in total. The van der Waals surface area contributed by atoms with Gasteiger partial charge in [0.1, 0.15) is 0 Å². The molecule has 1 aliphatic heterocycles. The van der Waals surface area contributed by atoms with E-state index in [1.165, 1.54) is 0 Å². The number of rotatable bonds is 1. The van der Waals surface area contributed by atoms with Crippen molar-refractivity contribution in [2.45, 2.75) is 0 Å². The molecule has 0 radical (unpaired) electrons. The van der Waals surface area contributed by atoms with Crippen molar-refractivity contribution in [2.24, 2.45) is 7.05 Å². The lowest BCUT2D eigenvalue weighted by atomic mass is 10.1. The third-order valence-electron chi connectivity index (χ3n) is 3.04. The highest BCUT2D eigenvalue weighted by Crippen LogP contribution is 2.34. The summed E-state index contributed by atoms with van der Waals surface area (Å²) in [6, 6.07) is 9.73. The summed E-state index contributed by atoms with van der Waals surface area (Å²) in [5.74, 6) is -0.0516. The Morgan fingerprint density at radius 3 is 2.89 bits per heavy atom. The van der Waals surface area contributed by atoms with Crippen LogP contribution in [0.2, 0.25) is 0 Å². The van der Waals surface area contributed by atoms with Crippen molar-refractivity contribution >= 4 is 39.2 Å². The number of nitrogens with zero attached hydrogens (tertiary/aromatic N) is 1. The number of benzene rings is 1. The summed E-state index contributed by atoms with van der Waals surface area (Å²) in [5.41, 5.74) is 3.51. The van der Waals surface area contributed by atoms with Crippen LogP contribution in [0.5, 0.6) is 0 Å². The summed E-state index contributed by atoms with van der Waals surface area (Å²) in [6.07, 6.45) is 3.87. The van der Waals surface area contributed by atoms with Gasteiger partial charge in [-0.3, -0.25) is 4.79 Å². The summed E-state index contributed by atoms with van der Waals surface area (Å²) in [6.45, 7) is 0. The number of anilines is 1. The van der Waals surface area contributed by atoms with E-state index in [-0.39, 0.29) is 5.91 Å². The predicted molar refractivity (Wildman–Crippen MR) is 76.1 cm³/mol. The van der Waals surface area contributed by atoms with E-state index < -0.39 is 0 Å². The van der Waals surface area contributed by atoms with Gasteiger partial charge in [0, 0.05) is 34.7 Å². The summed E-state index contributed by atoms with van der Waals surface area (Å²) in [4.78, 5) is 12.0. The normalized spacial score (nSPS) is 15.9. The van der Waals surface area contributed by atoms with E-state index in [4.69, 9.17) is 0 Å². The first-order chi connectivity index (χ1) is 8.65. The van der Waals surface area contributed by atoms with Gasteiger partial charge in [-0.25, -0.2) is 0 Å². The molecule has 0 unspecified atom stereocenters. The van der Waals surface area contributed by atoms with E-state index in [1.807, 2.05) is 54.2 Å². The van der Waals surface area contributed by atoms with Crippen LogP contribution in [0, 0.1) is 0 Å². The standard InChI is InChI=1S/C14H11BrN2O/c1-17-6-2-3-10(17)8-12-11-7-9(15)4-5-13(11)16-14(12)18/h2-8H,1H3,(H,16,18)/b12-8+. The van der Waals surface area contributed by atoms with E-state index in [0.717, 1.165) is 21.4 Å². The number of aromatic nitrogens is 1. The van der Waals surface area contributed by atoms with E-state index in [2.05, 4.69) is 21.2 Å². The van der Waals surface area contributed by atoms with Crippen molar-refractivity contribution in [1.82, 2.24) is 4.57 Å². The molecule has 2 heterocycles. The lowest BCUT2D eigenvalue weighted by Crippen LogP contribution is -2.03. The molecule has 0 atom stereocenters. The van der Waals surface area contributed by atoms with Crippen LogP contribution in [0.3, 0.4) is 0 Å². The molecule has 1 aromatic carbocycles. The molecule has 3 rings (SSSR count). The number of nitrogens with one attached hydrogen (secondary N) is 1. The van der Waals surface area contributed by atoms with Crippen LogP contribution in [-0.2, 0) is 11.8 Å². The van der Waals surface area contributed by atoms with Crippen molar-refractivity contribution < 1.29 is 4.79 Å².